The van der Waals surface area contributed by atoms with Gasteiger partial charge in [0.1, 0.15) is 5.75 Å². The number of ether oxygens (including phenoxy) is 1. The summed E-state index contributed by atoms with van der Waals surface area (Å²) in [5, 5.41) is 11.2. The Morgan fingerprint density at radius 2 is 2.12 bits per heavy atom. The molecule has 3 rings (SSSR count). The topological polar surface area (TPSA) is 68.2 Å². The number of carbonyl (C=O) groups excluding carboxylic acids is 1. The van der Waals surface area contributed by atoms with Crippen LogP contribution in [0.15, 0.2) is 48.7 Å². The van der Waals surface area contributed by atoms with Crippen LogP contribution in [0.2, 0.25) is 0 Å². The van der Waals surface area contributed by atoms with Gasteiger partial charge in [0, 0.05) is 30.2 Å². The number of nitrogens with zero attached hydrogens (tertiary/aromatic N) is 2. The van der Waals surface area contributed by atoms with E-state index in [1.54, 1.807) is 13.2 Å². The fourth-order valence-electron chi connectivity index (χ4n) is 2.67. The number of methoxy groups -OCH3 is 1. The summed E-state index contributed by atoms with van der Waals surface area (Å²) in [5.41, 5.74) is 3.04. The second kappa shape index (κ2) is 7.70. The fraction of sp³-hybridized carbons (Fsp3) is 0.263. The highest BCUT2D eigenvalue weighted by Crippen LogP contribution is 2.17. The number of nitrogens with one attached hydrogen (secondary N) is 2. The normalized spacial score (nSPS) is 10.6. The number of hydrogen-bond donors (Lipinski definition) is 2. The maximum Gasteiger partial charge on any atom is 0.319 e. The monoisotopic (exact) mass is 338 g/mol. The predicted octanol–water partition coefficient (Wildman–Crippen LogP) is 3.57. The van der Waals surface area contributed by atoms with Gasteiger partial charge in [-0.15, -0.1) is 0 Å². The smallest absolute Gasteiger partial charge is 0.319 e. The number of benzene rings is 2. The van der Waals surface area contributed by atoms with Crippen LogP contribution in [0.1, 0.15) is 12.0 Å². The molecular weight excluding hydrogens is 316 g/mol. The molecule has 6 heteroatoms. The fourth-order valence-corrected chi connectivity index (χ4v) is 2.67. The van der Waals surface area contributed by atoms with Crippen LogP contribution < -0.4 is 15.4 Å². The van der Waals surface area contributed by atoms with Crippen molar-refractivity contribution in [2.24, 2.45) is 0 Å². The first-order chi connectivity index (χ1) is 12.2. The maximum atomic E-state index is 11.9. The first kappa shape index (κ1) is 16.8. The lowest BCUT2D eigenvalue weighted by atomic mass is 10.2. The molecule has 130 valence electrons. The number of aryl methyl sites for hydroxylation is 2. The molecule has 0 atom stereocenters. The summed E-state index contributed by atoms with van der Waals surface area (Å²) in [7, 11) is 1.60. The number of hydrogen-bond acceptors (Lipinski definition) is 3. The van der Waals surface area contributed by atoms with Crippen LogP contribution in [0.25, 0.3) is 10.9 Å². The van der Waals surface area contributed by atoms with E-state index in [0.717, 1.165) is 23.9 Å². The summed E-state index contributed by atoms with van der Waals surface area (Å²) in [6, 6.07) is 13.3. The third-order valence-electron chi connectivity index (χ3n) is 3.96. The third-order valence-corrected chi connectivity index (χ3v) is 3.96. The molecule has 0 aliphatic carbocycles. The van der Waals surface area contributed by atoms with Crippen molar-refractivity contribution in [3.05, 3.63) is 54.2 Å². The highest BCUT2D eigenvalue weighted by Gasteiger charge is 2.04. The minimum atomic E-state index is -0.227. The van der Waals surface area contributed by atoms with Gasteiger partial charge in [0.2, 0.25) is 0 Å². The molecule has 2 N–H and O–H groups in total. The molecule has 2 amide bonds. The Bertz CT molecular complexity index is 873. The first-order valence-corrected chi connectivity index (χ1v) is 8.27. The standard InChI is InChI=1S/C19H22N4O2/c1-14-7-8-15-13-21-23(18(15)11-14)10-4-9-20-19(24)22-16-5-3-6-17(12-16)25-2/h3,5-8,11-13H,4,9-10H2,1-2H3,(H2,20,22,24). The second-order valence-electron chi connectivity index (χ2n) is 5.90. The Kier molecular flexibility index (Phi) is 5.18. The van der Waals surface area contributed by atoms with E-state index in [9.17, 15) is 4.79 Å². The Balaban J connectivity index is 1.47. The van der Waals surface area contributed by atoms with Gasteiger partial charge >= 0.3 is 6.03 Å². The van der Waals surface area contributed by atoms with Gasteiger partial charge in [-0.1, -0.05) is 18.2 Å². The van der Waals surface area contributed by atoms with Gasteiger partial charge in [-0.05, 0) is 37.1 Å². The molecule has 2 aromatic carbocycles. The average Bonchev–Trinajstić information content (AvgIpc) is 3.01. The molecule has 1 aromatic heterocycles. The highest BCUT2D eigenvalue weighted by atomic mass is 16.5. The molecule has 0 spiro atoms. The van der Waals surface area contributed by atoms with Crippen LogP contribution in [0.5, 0.6) is 5.75 Å². The summed E-state index contributed by atoms with van der Waals surface area (Å²) in [6.45, 7) is 3.40. The molecule has 6 nitrogen and oxygen atoms in total. The molecule has 0 unspecified atom stereocenters. The molecular formula is C19H22N4O2. The van der Waals surface area contributed by atoms with Crippen LogP contribution in [-0.4, -0.2) is 29.5 Å². The van der Waals surface area contributed by atoms with Crippen LogP contribution in [0.3, 0.4) is 0 Å². The van der Waals surface area contributed by atoms with Crippen LogP contribution in [0, 0.1) is 6.92 Å². The zero-order chi connectivity index (χ0) is 17.6. The number of carbonyl (C=O) groups is 1. The summed E-state index contributed by atoms with van der Waals surface area (Å²) >= 11 is 0. The van der Waals surface area contributed by atoms with Crippen molar-refractivity contribution >= 4 is 22.6 Å². The van der Waals surface area contributed by atoms with Gasteiger partial charge in [-0.25, -0.2) is 4.79 Å². The molecule has 0 radical (unpaired) electrons. The first-order valence-electron chi connectivity index (χ1n) is 8.27. The van der Waals surface area contributed by atoms with Crippen molar-refractivity contribution < 1.29 is 9.53 Å². The highest BCUT2D eigenvalue weighted by molar-refractivity contribution is 5.89. The van der Waals surface area contributed by atoms with E-state index >= 15 is 0 Å². The molecule has 0 aliphatic rings. The van der Waals surface area contributed by atoms with Crippen molar-refractivity contribution in [2.45, 2.75) is 19.9 Å². The van der Waals surface area contributed by atoms with E-state index in [-0.39, 0.29) is 6.03 Å². The number of aromatic nitrogens is 2. The second-order valence-corrected chi connectivity index (χ2v) is 5.90. The van der Waals surface area contributed by atoms with Gasteiger partial charge in [0.15, 0.2) is 0 Å². The molecule has 0 saturated heterocycles. The number of anilines is 1. The van der Waals surface area contributed by atoms with Crippen LogP contribution in [-0.2, 0) is 6.54 Å². The molecule has 0 aliphatic heterocycles. The maximum absolute atomic E-state index is 11.9. The number of amides is 2. The zero-order valence-electron chi connectivity index (χ0n) is 14.5. The molecule has 3 aromatic rings. The SMILES string of the molecule is COc1cccc(NC(=O)NCCCn2ncc3ccc(C)cc32)c1. The summed E-state index contributed by atoms with van der Waals surface area (Å²) in [4.78, 5) is 11.9. The minimum absolute atomic E-state index is 0.227. The summed E-state index contributed by atoms with van der Waals surface area (Å²) < 4.78 is 7.11. The number of fused-ring (bicyclic) bond motifs is 1. The molecule has 25 heavy (non-hydrogen) atoms. The van der Waals surface area contributed by atoms with Crippen molar-refractivity contribution in [3.8, 4) is 5.75 Å². The lowest BCUT2D eigenvalue weighted by Gasteiger charge is -2.09. The van der Waals surface area contributed by atoms with Crippen molar-refractivity contribution in [2.75, 3.05) is 19.0 Å². The summed E-state index contributed by atoms with van der Waals surface area (Å²) in [6.07, 6.45) is 2.67. The Morgan fingerprint density at radius 1 is 1.24 bits per heavy atom. The number of urea groups is 1. The van der Waals surface area contributed by atoms with E-state index < -0.39 is 0 Å². The lowest BCUT2D eigenvalue weighted by molar-refractivity contribution is 0.251. The van der Waals surface area contributed by atoms with Crippen molar-refractivity contribution in [3.63, 3.8) is 0 Å². The van der Waals surface area contributed by atoms with E-state index in [0.29, 0.717) is 18.0 Å². The van der Waals surface area contributed by atoms with E-state index in [4.69, 9.17) is 4.74 Å². The average molecular weight is 338 g/mol. The van der Waals surface area contributed by atoms with E-state index in [1.165, 1.54) is 5.56 Å². The van der Waals surface area contributed by atoms with Gasteiger partial charge < -0.3 is 15.4 Å². The molecule has 0 bridgehead atoms. The molecule has 0 fully saturated rings. The van der Waals surface area contributed by atoms with Gasteiger partial charge in [-0.2, -0.15) is 5.10 Å². The Morgan fingerprint density at radius 3 is 2.96 bits per heavy atom. The minimum Gasteiger partial charge on any atom is -0.497 e. The Hall–Kier alpha value is -3.02. The number of rotatable bonds is 6. The largest absolute Gasteiger partial charge is 0.497 e. The van der Waals surface area contributed by atoms with Crippen LogP contribution >= 0.6 is 0 Å². The van der Waals surface area contributed by atoms with Crippen molar-refractivity contribution in [1.82, 2.24) is 15.1 Å². The molecule has 0 saturated carbocycles. The summed E-state index contributed by atoms with van der Waals surface area (Å²) in [5.74, 6) is 0.707. The zero-order valence-corrected chi connectivity index (χ0v) is 14.5. The van der Waals surface area contributed by atoms with Crippen LogP contribution in [0.4, 0.5) is 10.5 Å². The van der Waals surface area contributed by atoms with Gasteiger partial charge in [0.05, 0.1) is 18.8 Å². The Labute approximate surface area is 146 Å². The lowest BCUT2D eigenvalue weighted by Crippen LogP contribution is -2.30. The van der Waals surface area contributed by atoms with Crippen molar-refractivity contribution in [1.29, 1.82) is 0 Å². The van der Waals surface area contributed by atoms with E-state index in [2.05, 4.69) is 40.9 Å². The quantitative estimate of drug-likeness (QED) is 0.675. The van der Waals surface area contributed by atoms with Gasteiger partial charge in [0.25, 0.3) is 0 Å². The van der Waals surface area contributed by atoms with E-state index in [1.807, 2.05) is 29.1 Å². The third kappa shape index (κ3) is 4.29. The molecule has 1 heterocycles. The van der Waals surface area contributed by atoms with Gasteiger partial charge in [-0.3, -0.25) is 4.68 Å². The predicted molar refractivity (Wildman–Crippen MR) is 99.1 cm³/mol.